The molecule has 0 aromatic carbocycles. The van der Waals surface area contributed by atoms with Crippen molar-refractivity contribution in [2.45, 2.75) is 148 Å². The Bertz CT molecular complexity index is 782. The zero-order valence-electron chi connectivity index (χ0n) is 29.9. The zero-order chi connectivity index (χ0) is 33.5. The first-order valence-electron chi connectivity index (χ1n) is 18.1. The first-order valence-corrected chi connectivity index (χ1v) is 19.6. The molecule has 9 heteroatoms. The number of carbonyl (C=O) groups is 1. The summed E-state index contributed by atoms with van der Waals surface area (Å²) in [7, 11) is 1.66. The highest BCUT2D eigenvalue weighted by Crippen LogP contribution is 2.43. The van der Waals surface area contributed by atoms with Gasteiger partial charge in [-0.3, -0.25) is 13.8 Å². The van der Waals surface area contributed by atoms with Gasteiger partial charge in [0.2, 0.25) is 0 Å². The molecule has 0 bridgehead atoms. The SMILES string of the molecule is CCCCC/C=C\C/C=C\CCCCCCCCCCOCC(COP(=O)(O)OCC[N+](C)(C)C)OC(=O)CCCCCCC. The molecule has 0 aliphatic rings. The van der Waals surface area contributed by atoms with Crippen LogP contribution < -0.4 is 0 Å². The van der Waals surface area contributed by atoms with Crippen LogP contribution in [0.15, 0.2) is 24.3 Å². The van der Waals surface area contributed by atoms with Crippen LogP contribution in [0, 0.1) is 0 Å². The van der Waals surface area contributed by atoms with Crippen molar-refractivity contribution in [3.8, 4) is 0 Å². The van der Waals surface area contributed by atoms with Gasteiger partial charge in [0.15, 0.2) is 0 Å². The summed E-state index contributed by atoms with van der Waals surface area (Å²) in [6, 6.07) is 0. The summed E-state index contributed by atoms with van der Waals surface area (Å²) in [6.07, 6.45) is 30.9. The molecule has 8 nitrogen and oxygen atoms in total. The first kappa shape index (κ1) is 44.0. The molecule has 2 atom stereocenters. The van der Waals surface area contributed by atoms with Gasteiger partial charge in [-0.05, 0) is 44.9 Å². The van der Waals surface area contributed by atoms with E-state index in [4.69, 9.17) is 18.5 Å². The number of phosphoric ester groups is 1. The molecule has 266 valence electrons. The minimum absolute atomic E-state index is 0.0880. The summed E-state index contributed by atoms with van der Waals surface area (Å²) >= 11 is 0. The molecule has 0 saturated carbocycles. The van der Waals surface area contributed by atoms with E-state index in [2.05, 4.69) is 38.2 Å². The van der Waals surface area contributed by atoms with Crippen LogP contribution in [0.25, 0.3) is 0 Å². The van der Waals surface area contributed by atoms with Crippen LogP contribution in [0.5, 0.6) is 0 Å². The van der Waals surface area contributed by atoms with Crippen LogP contribution in [0.3, 0.4) is 0 Å². The number of unbranched alkanes of at least 4 members (excludes halogenated alkanes) is 15. The van der Waals surface area contributed by atoms with Gasteiger partial charge in [-0.15, -0.1) is 0 Å². The van der Waals surface area contributed by atoms with Crippen LogP contribution in [0.2, 0.25) is 0 Å². The number of phosphoric acid groups is 1. The lowest BCUT2D eigenvalue weighted by Gasteiger charge is -2.24. The molecular weight excluding hydrogens is 589 g/mol. The fourth-order valence-corrected chi connectivity index (χ4v) is 5.38. The topological polar surface area (TPSA) is 91.3 Å². The molecular formula is C36H71NO7P+. The molecule has 0 amide bonds. The smallest absolute Gasteiger partial charge is 0.457 e. The van der Waals surface area contributed by atoms with Gasteiger partial charge in [0.25, 0.3) is 0 Å². The summed E-state index contributed by atoms with van der Waals surface area (Å²) in [5, 5.41) is 0. The van der Waals surface area contributed by atoms with Gasteiger partial charge in [0, 0.05) is 13.0 Å². The summed E-state index contributed by atoms with van der Waals surface area (Å²) in [5.41, 5.74) is 0. The van der Waals surface area contributed by atoms with E-state index in [-0.39, 0.29) is 25.8 Å². The second-order valence-corrected chi connectivity index (χ2v) is 14.7. The summed E-state index contributed by atoms with van der Waals surface area (Å²) in [5.74, 6) is -0.330. The van der Waals surface area contributed by atoms with E-state index in [0.717, 1.165) is 51.4 Å². The number of carbonyl (C=O) groups excluding carboxylic acids is 1. The lowest BCUT2D eigenvalue weighted by atomic mass is 10.1. The van der Waals surface area contributed by atoms with Gasteiger partial charge in [-0.25, -0.2) is 4.57 Å². The molecule has 0 fully saturated rings. The molecule has 0 rings (SSSR count). The monoisotopic (exact) mass is 660 g/mol. The first-order chi connectivity index (χ1) is 21.6. The van der Waals surface area contributed by atoms with Gasteiger partial charge < -0.3 is 18.9 Å². The largest absolute Gasteiger partial charge is 0.472 e. The standard InChI is InChI=1S/C36H70NO7P/c1-6-8-10-12-13-14-15-16-17-18-19-20-21-22-23-24-26-28-31-41-33-35(44-36(38)29-27-25-11-9-7-2)34-43-45(39,40)42-32-30-37(3,4)5/h13-14,16-17,35H,6-12,15,18-34H2,1-5H3/p+1/b14-13-,17-16-. The molecule has 45 heavy (non-hydrogen) atoms. The van der Waals surface area contributed by atoms with Crippen LogP contribution in [0.4, 0.5) is 0 Å². The van der Waals surface area contributed by atoms with E-state index in [1.165, 1.54) is 70.6 Å². The number of ether oxygens (including phenoxy) is 2. The van der Waals surface area contributed by atoms with Gasteiger partial charge in [-0.1, -0.05) is 115 Å². The Balaban J connectivity index is 4.12. The van der Waals surface area contributed by atoms with E-state index in [0.29, 0.717) is 24.1 Å². The van der Waals surface area contributed by atoms with E-state index in [1.54, 1.807) is 0 Å². The summed E-state index contributed by atoms with van der Waals surface area (Å²) in [6.45, 7) is 5.49. The molecule has 0 heterocycles. The third-order valence-electron chi connectivity index (χ3n) is 7.52. The second-order valence-electron chi connectivity index (χ2n) is 13.3. The van der Waals surface area contributed by atoms with Crippen molar-refractivity contribution >= 4 is 13.8 Å². The number of quaternary nitrogens is 1. The van der Waals surface area contributed by atoms with Gasteiger partial charge >= 0.3 is 13.8 Å². The minimum atomic E-state index is -4.25. The highest BCUT2D eigenvalue weighted by Gasteiger charge is 2.26. The Morgan fingerprint density at radius 3 is 1.84 bits per heavy atom. The van der Waals surface area contributed by atoms with E-state index < -0.39 is 13.9 Å². The van der Waals surface area contributed by atoms with Crippen molar-refractivity contribution in [2.24, 2.45) is 0 Å². The minimum Gasteiger partial charge on any atom is -0.457 e. The molecule has 0 saturated heterocycles. The Hall–Kier alpha value is -1.02. The third-order valence-corrected chi connectivity index (χ3v) is 8.50. The number of allylic oxidation sites excluding steroid dienone is 4. The lowest BCUT2D eigenvalue weighted by molar-refractivity contribution is -0.870. The number of rotatable bonds is 33. The fraction of sp³-hybridized carbons (Fsp3) is 0.861. The third kappa shape index (κ3) is 34.1. The number of likely N-dealkylation sites (N-methyl/N-ethyl adjacent to an activating group) is 1. The van der Waals surface area contributed by atoms with Gasteiger partial charge in [0.1, 0.15) is 19.3 Å². The van der Waals surface area contributed by atoms with Crippen molar-refractivity contribution in [3.05, 3.63) is 24.3 Å². The van der Waals surface area contributed by atoms with Crippen LogP contribution in [-0.4, -0.2) is 75.6 Å². The second kappa shape index (κ2) is 30.3. The summed E-state index contributed by atoms with van der Waals surface area (Å²) < 4.78 is 34.6. The number of nitrogens with zero attached hydrogens (tertiary/aromatic N) is 1. The van der Waals surface area contributed by atoms with Gasteiger partial charge in [0.05, 0.1) is 34.4 Å². The highest BCUT2D eigenvalue weighted by molar-refractivity contribution is 7.47. The van der Waals surface area contributed by atoms with Crippen molar-refractivity contribution in [3.63, 3.8) is 0 Å². The van der Waals surface area contributed by atoms with Crippen molar-refractivity contribution in [1.29, 1.82) is 0 Å². The van der Waals surface area contributed by atoms with E-state index in [9.17, 15) is 14.3 Å². The molecule has 1 N–H and O–H groups in total. The predicted molar refractivity (Wildman–Crippen MR) is 187 cm³/mol. The Morgan fingerprint density at radius 1 is 0.689 bits per heavy atom. The zero-order valence-corrected chi connectivity index (χ0v) is 30.7. The Labute approximate surface area is 277 Å². The molecule has 0 spiro atoms. The van der Waals surface area contributed by atoms with Crippen LogP contribution in [0.1, 0.15) is 142 Å². The average Bonchev–Trinajstić information content (AvgIpc) is 2.98. The van der Waals surface area contributed by atoms with Crippen molar-refractivity contribution in [2.75, 3.05) is 54.1 Å². The molecule has 0 aromatic heterocycles. The molecule has 0 aliphatic carbocycles. The normalized spacial score (nSPS) is 14.4. The maximum absolute atomic E-state index is 12.4. The predicted octanol–water partition coefficient (Wildman–Crippen LogP) is 9.71. The summed E-state index contributed by atoms with van der Waals surface area (Å²) in [4.78, 5) is 22.5. The lowest BCUT2D eigenvalue weighted by Crippen LogP contribution is -2.37. The highest BCUT2D eigenvalue weighted by atomic mass is 31.2. The molecule has 0 aromatic rings. The quantitative estimate of drug-likeness (QED) is 0.0246. The van der Waals surface area contributed by atoms with Crippen molar-refractivity contribution < 1.29 is 37.3 Å². The molecule has 0 radical (unpaired) electrons. The van der Waals surface area contributed by atoms with Gasteiger partial charge in [-0.2, -0.15) is 0 Å². The number of esters is 1. The van der Waals surface area contributed by atoms with E-state index in [1.807, 2.05) is 21.1 Å². The Kier molecular flexibility index (Phi) is 29.6. The Morgan fingerprint density at radius 2 is 1.22 bits per heavy atom. The van der Waals surface area contributed by atoms with Crippen LogP contribution >= 0.6 is 7.82 Å². The maximum Gasteiger partial charge on any atom is 0.472 e. The molecule has 0 aliphatic heterocycles. The fourth-order valence-electron chi connectivity index (χ4n) is 4.64. The van der Waals surface area contributed by atoms with Crippen molar-refractivity contribution in [1.82, 2.24) is 0 Å². The number of hydrogen-bond acceptors (Lipinski definition) is 6. The molecule has 2 unspecified atom stereocenters. The number of hydrogen-bond donors (Lipinski definition) is 1. The maximum atomic E-state index is 12.4. The van der Waals surface area contributed by atoms with E-state index >= 15 is 0 Å². The van der Waals surface area contributed by atoms with Crippen LogP contribution in [-0.2, 0) is 27.9 Å². The average molecular weight is 661 g/mol.